The number of nitrogens with one attached hydrogen (secondary N) is 2. The second-order valence-corrected chi connectivity index (χ2v) is 6.39. The highest BCUT2D eigenvalue weighted by Gasteiger charge is 2.39. The lowest BCUT2D eigenvalue weighted by Crippen LogP contribution is -2.38. The predicted molar refractivity (Wildman–Crippen MR) is 82.8 cm³/mol. The van der Waals surface area contributed by atoms with E-state index in [1.807, 2.05) is 6.07 Å². The van der Waals surface area contributed by atoms with E-state index in [1.165, 1.54) is 31.2 Å². The van der Waals surface area contributed by atoms with Crippen LogP contribution in [0.3, 0.4) is 0 Å². The van der Waals surface area contributed by atoms with Gasteiger partial charge < -0.3 is 10.6 Å². The lowest BCUT2D eigenvalue weighted by atomic mass is 9.89. The minimum atomic E-state index is 0.798. The van der Waals surface area contributed by atoms with Crippen molar-refractivity contribution in [2.75, 3.05) is 6.54 Å². The molecule has 3 atom stereocenters. The van der Waals surface area contributed by atoms with Crippen LogP contribution in [-0.2, 0) is 6.54 Å². The molecule has 0 unspecified atom stereocenters. The minimum absolute atomic E-state index is 0.798. The minimum Gasteiger partial charge on any atom is -0.362 e. The van der Waals surface area contributed by atoms with Crippen LogP contribution in [0.25, 0.3) is 0 Å². The van der Waals surface area contributed by atoms with E-state index in [2.05, 4.69) is 34.9 Å². The summed E-state index contributed by atoms with van der Waals surface area (Å²) in [5.74, 6) is 2.84. The molecule has 3 heteroatoms. The van der Waals surface area contributed by atoms with E-state index in [9.17, 15) is 0 Å². The first kappa shape index (κ1) is 12.9. The number of fused-ring (bicyclic) bond motifs is 2. The molecule has 0 aromatic heterocycles. The smallest absolute Gasteiger partial charge is 0.166 e. The molecule has 2 saturated carbocycles. The first-order chi connectivity index (χ1) is 9.31. The van der Waals surface area contributed by atoms with Crippen molar-refractivity contribution in [2.24, 2.45) is 17.8 Å². The van der Waals surface area contributed by atoms with Crippen molar-refractivity contribution in [3.8, 4) is 0 Å². The summed E-state index contributed by atoms with van der Waals surface area (Å²) in [5, 5.41) is 7.49. The molecule has 2 fully saturated rings. The van der Waals surface area contributed by atoms with Crippen molar-refractivity contribution in [2.45, 2.75) is 32.2 Å². The van der Waals surface area contributed by atoms with E-state index in [0.717, 1.165) is 36.0 Å². The Morgan fingerprint density at radius 1 is 1.11 bits per heavy atom. The molecule has 0 heterocycles. The highest BCUT2D eigenvalue weighted by Crippen LogP contribution is 2.47. The molecule has 2 aliphatic carbocycles. The number of benzene rings is 1. The summed E-state index contributed by atoms with van der Waals surface area (Å²) in [6, 6.07) is 10.4. The van der Waals surface area contributed by atoms with Crippen LogP contribution in [-0.4, -0.2) is 11.7 Å². The van der Waals surface area contributed by atoms with Gasteiger partial charge in [0.25, 0.3) is 0 Å². The highest BCUT2D eigenvalue weighted by atomic mass is 32.1. The topological polar surface area (TPSA) is 24.1 Å². The molecule has 19 heavy (non-hydrogen) atoms. The molecular weight excluding hydrogens is 252 g/mol. The average molecular weight is 274 g/mol. The van der Waals surface area contributed by atoms with Crippen LogP contribution in [0.2, 0.25) is 0 Å². The fourth-order valence-electron chi connectivity index (χ4n) is 3.69. The maximum atomic E-state index is 5.35. The Bertz CT molecular complexity index is 432. The van der Waals surface area contributed by atoms with E-state index in [4.69, 9.17) is 12.2 Å². The van der Waals surface area contributed by atoms with Crippen LogP contribution in [0.1, 0.15) is 31.2 Å². The SMILES string of the molecule is S=C(NCc1ccccc1)NC[C@@H]1C[C@H]2CC[C@H]1C2. The predicted octanol–water partition coefficient (Wildman–Crippen LogP) is 3.09. The van der Waals surface area contributed by atoms with Gasteiger partial charge >= 0.3 is 0 Å². The van der Waals surface area contributed by atoms with Gasteiger partial charge in [-0.05, 0) is 54.8 Å². The second kappa shape index (κ2) is 5.91. The van der Waals surface area contributed by atoms with Gasteiger partial charge in [-0.3, -0.25) is 0 Å². The Morgan fingerprint density at radius 3 is 2.63 bits per heavy atom. The van der Waals surface area contributed by atoms with Gasteiger partial charge in [-0.1, -0.05) is 36.8 Å². The molecular formula is C16H22N2S. The van der Waals surface area contributed by atoms with Gasteiger partial charge in [-0.15, -0.1) is 0 Å². The van der Waals surface area contributed by atoms with Crippen molar-refractivity contribution in [1.82, 2.24) is 10.6 Å². The van der Waals surface area contributed by atoms with Gasteiger partial charge in [0.1, 0.15) is 0 Å². The number of thiocarbonyl (C=S) groups is 1. The third-order valence-corrected chi connectivity index (χ3v) is 4.99. The van der Waals surface area contributed by atoms with Gasteiger partial charge in [0.15, 0.2) is 5.11 Å². The maximum Gasteiger partial charge on any atom is 0.166 e. The fraction of sp³-hybridized carbons (Fsp3) is 0.562. The molecule has 2 bridgehead atoms. The second-order valence-electron chi connectivity index (χ2n) is 5.98. The van der Waals surface area contributed by atoms with E-state index < -0.39 is 0 Å². The van der Waals surface area contributed by atoms with Crippen LogP contribution in [0.5, 0.6) is 0 Å². The normalized spacial score (nSPS) is 28.3. The summed E-state index contributed by atoms with van der Waals surface area (Å²) in [4.78, 5) is 0. The molecule has 0 radical (unpaired) electrons. The molecule has 0 aliphatic heterocycles. The van der Waals surface area contributed by atoms with Crippen molar-refractivity contribution < 1.29 is 0 Å². The quantitative estimate of drug-likeness (QED) is 0.825. The summed E-state index contributed by atoms with van der Waals surface area (Å²) in [7, 11) is 0. The molecule has 0 saturated heterocycles. The molecule has 2 aliphatic rings. The largest absolute Gasteiger partial charge is 0.362 e. The third kappa shape index (κ3) is 3.27. The molecule has 0 amide bonds. The standard InChI is InChI=1S/C16H22N2S/c19-16(17-10-12-4-2-1-3-5-12)18-11-15-9-13-6-7-14(15)8-13/h1-5,13-15H,6-11H2,(H2,17,18,19)/t13-,14-,15-/m0/s1. The van der Waals surface area contributed by atoms with Crippen LogP contribution in [0, 0.1) is 17.8 Å². The van der Waals surface area contributed by atoms with Gasteiger partial charge in [0, 0.05) is 13.1 Å². The Kier molecular flexibility index (Phi) is 4.02. The Labute approximate surface area is 121 Å². The monoisotopic (exact) mass is 274 g/mol. The molecule has 3 rings (SSSR count). The number of rotatable bonds is 4. The summed E-state index contributed by atoms with van der Waals surface area (Å²) in [6.45, 7) is 1.87. The maximum absolute atomic E-state index is 5.35. The van der Waals surface area contributed by atoms with Crippen molar-refractivity contribution in [3.63, 3.8) is 0 Å². The first-order valence-electron chi connectivity index (χ1n) is 7.37. The molecule has 0 spiro atoms. The molecule has 2 N–H and O–H groups in total. The number of hydrogen-bond donors (Lipinski definition) is 2. The van der Waals surface area contributed by atoms with Crippen LogP contribution >= 0.6 is 12.2 Å². The molecule has 1 aromatic rings. The Balaban J connectivity index is 1.38. The van der Waals surface area contributed by atoms with Gasteiger partial charge in [0.05, 0.1) is 0 Å². The van der Waals surface area contributed by atoms with Crippen molar-refractivity contribution in [1.29, 1.82) is 0 Å². The zero-order chi connectivity index (χ0) is 13.1. The van der Waals surface area contributed by atoms with E-state index in [1.54, 1.807) is 0 Å². The molecule has 2 nitrogen and oxygen atoms in total. The fourth-order valence-corrected chi connectivity index (χ4v) is 3.85. The third-order valence-electron chi connectivity index (χ3n) is 4.71. The molecule has 1 aromatic carbocycles. The van der Waals surface area contributed by atoms with Gasteiger partial charge in [-0.2, -0.15) is 0 Å². The van der Waals surface area contributed by atoms with Crippen LogP contribution in [0.4, 0.5) is 0 Å². The van der Waals surface area contributed by atoms with Gasteiger partial charge in [0.2, 0.25) is 0 Å². The molecule has 102 valence electrons. The lowest BCUT2D eigenvalue weighted by molar-refractivity contribution is 0.332. The summed E-state index contributed by atoms with van der Waals surface area (Å²) in [6.07, 6.45) is 5.80. The van der Waals surface area contributed by atoms with E-state index in [-0.39, 0.29) is 0 Å². The van der Waals surface area contributed by atoms with Crippen LogP contribution in [0.15, 0.2) is 30.3 Å². The Morgan fingerprint density at radius 2 is 1.95 bits per heavy atom. The van der Waals surface area contributed by atoms with E-state index in [0.29, 0.717) is 0 Å². The summed E-state index contributed by atoms with van der Waals surface area (Å²) in [5.41, 5.74) is 1.27. The zero-order valence-electron chi connectivity index (χ0n) is 11.3. The van der Waals surface area contributed by atoms with Crippen molar-refractivity contribution in [3.05, 3.63) is 35.9 Å². The van der Waals surface area contributed by atoms with E-state index >= 15 is 0 Å². The summed E-state index contributed by atoms with van der Waals surface area (Å²) < 4.78 is 0. The number of hydrogen-bond acceptors (Lipinski definition) is 1. The average Bonchev–Trinajstić information content (AvgIpc) is 3.06. The van der Waals surface area contributed by atoms with Gasteiger partial charge in [-0.25, -0.2) is 0 Å². The Hall–Kier alpha value is -1.09. The lowest BCUT2D eigenvalue weighted by Gasteiger charge is -2.22. The van der Waals surface area contributed by atoms with Crippen LogP contribution < -0.4 is 10.6 Å². The van der Waals surface area contributed by atoms with Crippen molar-refractivity contribution >= 4 is 17.3 Å². The first-order valence-corrected chi connectivity index (χ1v) is 7.77. The summed E-state index contributed by atoms with van der Waals surface area (Å²) >= 11 is 5.35. The highest BCUT2D eigenvalue weighted by molar-refractivity contribution is 7.80. The zero-order valence-corrected chi connectivity index (χ0v) is 12.1.